The van der Waals surface area contributed by atoms with E-state index < -0.39 is 4.92 Å². The molecule has 1 heterocycles. The van der Waals surface area contributed by atoms with Crippen LogP contribution in [0.5, 0.6) is 0 Å². The molecule has 1 amide bonds. The number of non-ortho nitro benzene ring substituents is 1. The van der Waals surface area contributed by atoms with E-state index in [0.29, 0.717) is 36.7 Å². The first-order valence-corrected chi connectivity index (χ1v) is 11.0. The lowest BCUT2D eigenvalue weighted by molar-refractivity contribution is -0.382. The smallest absolute Gasteiger partial charge is 0.287 e. The van der Waals surface area contributed by atoms with Crippen LogP contribution in [0, 0.1) is 26.9 Å². The van der Waals surface area contributed by atoms with Crippen molar-refractivity contribution in [2.24, 2.45) is 16.7 Å². The van der Waals surface area contributed by atoms with E-state index in [0.717, 1.165) is 30.6 Å². The molecule has 0 aliphatic heterocycles. The number of halogens is 1. The van der Waals surface area contributed by atoms with Crippen LogP contribution in [-0.2, 0) is 0 Å². The van der Waals surface area contributed by atoms with Crippen molar-refractivity contribution in [3.05, 3.63) is 38.2 Å². The first-order valence-electron chi connectivity index (χ1n) is 9.79. The summed E-state index contributed by atoms with van der Waals surface area (Å²) >= 11 is 7.62. The fourth-order valence-corrected chi connectivity index (χ4v) is 8.74. The number of nitro benzene ring substituents is 1. The van der Waals surface area contributed by atoms with Crippen LogP contribution in [-0.4, -0.2) is 16.4 Å². The first-order chi connectivity index (χ1) is 13.1. The molecule has 4 bridgehead atoms. The quantitative estimate of drug-likeness (QED) is 0.495. The van der Waals surface area contributed by atoms with Crippen molar-refractivity contribution in [1.82, 2.24) is 5.32 Å². The number of benzene rings is 1. The Balaban J connectivity index is 1.51. The van der Waals surface area contributed by atoms with E-state index in [2.05, 4.69) is 19.2 Å². The highest BCUT2D eigenvalue weighted by atomic mass is 35.5. The number of amides is 1. The lowest BCUT2D eigenvalue weighted by Gasteiger charge is -2.65. The topological polar surface area (TPSA) is 72.2 Å². The molecule has 0 saturated heterocycles. The van der Waals surface area contributed by atoms with Crippen LogP contribution < -0.4 is 5.32 Å². The van der Waals surface area contributed by atoms with Crippen LogP contribution in [0.15, 0.2) is 18.2 Å². The van der Waals surface area contributed by atoms with Gasteiger partial charge in [-0.15, -0.1) is 11.3 Å². The zero-order valence-electron chi connectivity index (χ0n) is 16.0. The van der Waals surface area contributed by atoms with Gasteiger partial charge < -0.3 is 5.32 Å². The van der Waals surface area contributed by atoms with Gasteiger partial charge in [0.1, 0.15) is 9.58 Å². The molecule has 4 fully saturated rings. The maximum atomic E-state index is 13.3. The highest BCUT2D eigenvalue weighted by Gasteiger charge is 2.60. The summed E-state index contributed by atoms with van der Waals surface area (Å²) in [6, 6.07) is 4.81. The molecule has 4 aliphatic rings. The van der Waals surface area contributed by atoms with Crippen molar-refractivity contribution in [1.29, 1.82) is 0 Å². The van der Waals surface area contributed by atoms with E-state index in [-0.39, 0.29) is 17.1 Å². The Labute approximate surface area is 172 Å². The van der Waals surface area contributed by atoms with Crippen LogP contribution in [0.4, 0.5) is 5.69 Å². The minimum absolute atomic E-state index is 0.00160. The molecule has 28 heavy (non-hydrogen) atoms. The van der Waals surface area contributed by atoms with Crippen molar-refractivity contribution < 1.29 is 9.72 Å². The van der Waals surface area contributed by atoms with Crippen LogP contribution in [0.3, 0.4) is 0 Å². The Bertz CT molecular complexity index is 1010. The van der Waals surface area contributed by atoms with Crippen molar-refractivity contribution in [3.8, 4) is 0 Å². The predicted molar refractivity (Wildman–Crippen MR) is 111 cm³/mol. The van der Waals surface area contributed by atoms with Gasteiger partial charge in [-0.25, -0.2) is 0 Å². The number of fused-ring (bicyclic) bond motifs is 1. The van der Waals surface area contributed by atoms with E-state index in [4.69, 9.17) is 11.6 Å². The number of carbonyl (C=O) groups is 1. The number of carbonyl (C=O) groups excluding carboxylic acids is 1. The normalized spacial score (nSPS) is 36.0. The Kier molecular flexibility index (Phi) is 3.74. The molecule has 4 saturated carbocycles. The SMILES string of the molecule is C[C@]12CC3CC(NC(=O)c4sc5c([N+](=O)[O-])cccc5c4Cl)(C1)C[C@@](C)(C3)C2. The fraction of sp³-hybridized carbons (Fsp3) is 0.571. The average Bonchev–Trinajstić information content (AvgIpc) is 2.88. The average molecular weight is 419 g/mol. The summed E-state index contributed by atoms with van der Waals surface area (Å²) in [5, 5.41) is 15.6. The molecular formula is C21H23ClN2O3S. The minimum Gasteiger partial charge on any atom is -0.346 e. The largest absolute Gasteiger partial charge is 0.346 e. The van der Waals surface area contributed by atoms with Gasteiger partial charge in [0.05, 0.1) is 9.95 Å². The third kappa shape index (κ3) is 2.68. The zero-order chi connectivity index (χ0) is 19.9. The van der Waals surface area contributed by atoms with Crippen LogP contribution in [0.1, 0.15) is 62.0 Å². The van der Waals surface area contributed by atoms with Crippen LogP contribution in [0.2, 0.25) is 5.02 Å². The van der Waals surface area contributed by atoms with E-state index >= 15 is 0 Å². The van der Waals surface area contributed by atoms with Crippen LogP contribution in [0.25, 0.3) is 10.1 Å². The van der Waals surface area contributed by atoms with Gasteiger partial charge in [-0.05, 0) is 55.3 Å². The minimum atomic E-state index is -0.419. The van der Waals surface area contributed by atoms with Crippen molar-refractivity contribution in [2.75, 3.05) is 0 Å². The Morgan fingerprint density at radius 2 is 1.89 bits per heavy atom. The number of nitro groups is 1. The maximum absolute atomic E-state index is 13.3. The molecular weight excluding hydrogens is 396 g/mol. The predicted octanol–water partition coefficient (Wildman–Crippen LogP) is 5.94. The van der Waals surface area contributed by atoms with Gasteiger partial charge in [0, 0.05) is 17.0 Å². The van der Waals surface area contributed by atoms with Gasteiger partial charge in [-0.2, -0.15) is 0 Å². The molecule has 148 valence electrons. The summed E-state index contributed by atoms with van der Waals surface area (Å²) in [6.45, 7) is 4.73. The van der Waals surface area contributed by atoms with E-state index in [1.54, 1.807) is 12.1 Å². The molecule has 0 spiro atoms. The maximum Gasteiger partial charge on any atom is 0.287 e. The highest BCUT2D eigenvalue weighted by Crippen LogP contribution is 2.66. The molecule has 4 aliphatic carbocycles. The molecule has 1 aromatic carbocycles. The summed E-state index contributed by atoms with van der Waals surface area (Å²) in [5.41, 5.74) is 0.415. The lowest BCUT2D eigenvalue weighted by atomic mass is 9.43. The Hall–Kier alpha value is -1.66. The first kappa shape index (κ1) is 18.4. The second kappa shape index (κ2) is 5.70. The van der Waals surface area contributed by atoms with E-state index in [1.165, 1.54) is 25.3 Å². The summed E-state index contributed by atoms with van der Waals surface area (Å²) in [5.74, 6) is 0.486. The van der Waals surface area contributed by atoms with Crippen molar-refractivity contribution in [2.45, 2.75) is 57.9 Å². The summed E-state index contributed by atoms with van der Waals surface area (Å²) in [4.78, 5) is 24.6. The summed E-state index contributed by atoms with van der Waals surface area (Å²) in [7, 11) is 0. The lowest BCUT2D eigenvalue weighted by Crippen LogP contribution is -2.65. The number of nitrogens with zero attached hydrogens (tertiary/aromatic N) is 1. The van der Waals surface area contributed by atoms with Crippen LogP contribution >= 0.6 is 22.9 Å². The fourth-order valence-electron chi connectivity index (χ4n) is 7.25. The molecule has 2 aromatic rings. The van der Waals surface area contributed by atoms with Crippen molar-refractivity contribution >= 4 is 44.6 Å². The van der Waals surface area contributed by atoms with E-state index in [1.807, 2.05) is 0 Å². The number of nitrogens with one attached hydrogen (secondary N) is 1. The molecule has 6 rings (SSSR count). The van der Waals surface area contributed by atoms with Gasteiger partial charge in [0.15, 0.2) is 0 Å². The molecule has 1 aromatic heterocycles. The van der Waals surface area contributed by atoms with Gasteiger partial charge in [-0.3, -0.25) is 14.9 Å². The number of thiophene rings is 1. The van der Waals surface area contributed by atoms with E-state index in [9.17, 15) is 14.9 Å². The zero-order valence-corrected chi connectivity index (χ0v) is 17.6. The molecule has 0 radical (unpaired) electrons. The molecule has 2 unspecified atom stereocenters. The number of hydrogen-bond acceptors (Lipinski definition) is 4. The highest BCUT2D eigenvalue weighted by molar-refractivity contribution is 7.22. The third-order valence-electron chi connectivity index (χ3n) is 7.04. The van der Waals surface area contributed by atoms with Crippen molar-refractivity contribution in [3.63, 3.8) is 0 Å². The van der Waals surface area contributed by atoms with Gasteiger partial charge in [0.2, 0.25) is 0 Å². The number of hydrogen-bond donors (Lipinski definition) is 1. The second-order valence-electron chi connectivity index (χ2n) is 10.0. The molecule has 4 atom stereocenters. The summed E-state index contributed by atoms with van der Waals surface area (Å²) < 4.78 is 0.465. The summed E-state index contributed by atoms with van der Waals surface area (Å²) in [6.07, 6.45) is 6.82. The number of rotatable bonds is 3. The molecule has 7 heteroatoms. The molecule has 1 N–H and O–H groups in total. The monoisotopic (exact) mass is 418 g/mol. The Morgan fingerprint density at radius 3 is 2.50 bits per heavy atom. The van der Waals surface area contributed by atoms with Gasteiger partial charge in [-0.1, -0.05) is 37.6 Å². The van der Waals surface area contributed by atoms with Gasteiger partial charge >= 0.3 is 0 Å². The van der Waals surface area contributed by atoms with Gasteiger partial charge in [0.25, 0.3) is 11.6 Å². The molecule has 5 nitrogen and oxygen atoms in total. The second-order valence-corrected chi connectivity index (χ2v) is 11.4. The standard InChI is InChI=1S/C21H23ClN2O3S/c1-19-6-12-7-20(2,9-19)11-21(8-12,10-19)23-18(25)17-15(22)13-4-3-5-14(24(26)27)16(13)28-17/h3-5,12H,6-11H2,1-2H3,(H,23,25)/t12?,19-,20+,21?. The third-order valence-corrected chi connectivity index (χ3v) is 8.77. The Morgan fingerprint density at radius 1 is 1.21 bits per heavy atom.